The Morgan fingerprint density at radius 3 is 2.50 bits per heavy atom. The summed E-state index contributed by atoms with van der Waals surface area (Å²) in [7, 11) is 0. The van der Waals surface area contributed by atoms with Crippen molar-refractivity contribution in [2.75, 3.05) is 31.6 Å². The average Bonchev–Trinajstić information content (AvgIpc) is 3.10. The van der Waals surface area contributed by atoms with Crippen molar-refractivity contribution in [3.63, 3.8) is 0 Å². The summed E-state index contributed by atoms with van der Waals surface area (Å²) >= 11 is 1.59. The lowest BCUT2D eigenvalue weighted by Crippen LogP contribution is -2.41. The third-order valence-electron chi connectivity index (χ3n) is 6.27. The maximum Gasteiger partial charge on any atom is 0.257 e. The number of carbonyl (C=O) groups excluding carboxylic acids is 2. The molecule has 160 valence electrons. The number of rotatable bonds is 3. The molecular weight excluding hydrogens is 396 g/mol. The van der Waals surface area contributed by atoms with E-state index < -0.39 is 0 Å². The van der Waals surface area contributed by atoms with Gasteiger partial charge in [-0.15, -0.1) is 11.3 Å². The highest BCUT2D eigenvalue weighted by Crippen LogP contribution is 2.44. The van der Waals surface area contributed by atoms with Gasteiger partial charge in [0.05, 0.1) is 18.8 Å². The van der Waals surface area contributed by atoms with Crippen molar-refractivity contribution in [2.45, 2.75) is 40.0 Å². The van der Waals surface area contributed by atoms with Crippen molar-refractivity contribution >= 4 is 28.2 Å². The van der Waals surface area contributed by atoms with Gasteiger partial charge in [0.1, 0.15) is 5.00 Å². The van der Waals surface area contributed by atoms with Crippen molar-refractivity contribution < 1.29 is 14.3 Å². The molecule has 1 N–H and O–H groups in total. The van der Waals surface area contributed by atoms with Gasteiger partial charge < -0.3 is 15.0 Å². The second-order valence-corrected chi connectivity index (χ2v) is 10.3. The van der Waals surface area contributed by atoms with Crippen LogP contribution in [0.15, 0.2) is 30.3 Å². The van der Waals surface area contributed by atoms with Gasteiger partial charge in [0.2, 0.25) is 0 Å². The van der Waals surface area contributed by atoms with E-state index in [4.69, 9.17) is 4.74 Å². The predicted octanol–water partition coefficient (Wildman–Crippen LogP) is 4.62. The van der Waals surface area contributed by atoms with Crippen LogP contribution in [0.2, 0.25) is 0 Å². The Morgan fingerprint density at radius 1 is 1.13 bits per heavy atom. The summed E-state index contributed by atoms with van der Waals surface area (Å²) in [6, 6.07) is 9.18. The van der Waals surface area contributed by atoms with Crippen LogP contribution in [-0.4, -0.2) is 43.0 Å². The van der Waals surface area contributed by atoms with Crippen LogP contribution in [-0.2, 0) is 17.6 Å². The van der Waals surface area contributed by atoms with Crippen LogP contribution < -0.4 is 5.32 Å². The van der Waals surface area contributed by atoms with E-state index in [-0.39, 0.29) is 17.2 Å². The number of ether oxygens (including phenoxy) is 1. The van der Waals surface area contributed by atoms with Gasteiger partial charge in [0.15, 0.2) is 0 Å². The normalized spacial score (nSPS) is 19.3. The molecule has 0 bridgehead atoms. The van der Waals surface area contributed by atoms with Crippen LogP contribution >= 0.6 is 11.3 Å². The van der Waals surface area contributed by atoms with Crippen molar-refractivity contribution in [3.8, 4) is 0 Å². The SMILES string of the molecule is CC(C)(C)[C@H]1CCc2c(sc(NC(=O)c3ccccc3)c2C(=O)N2CCOCC2)C1. The Kier molecular flexibility index (Phi) is 5.98. The van der Waals surface area contributed by atoms with E-state index in [1.54, 1.807) is 23.5 Å². The summed E-state index contributed by atoms with van der Waals surface area (Å²) in [5.41, 5.74) is 2.67. The van der Waals surface area contributed by atoms with Crippen molar-refractivity contribution in [1.82, 2.24) is 4.90 Å². The molecule has 0 radical (unpaired) electrons. The Balaban J connectivity index is 1.68. The highest BCUT2D eigenvalue weighted by Gasteiger charge is 2.35. The van der Waals surface area contributed by atoms with Crippen molar-refractivity contribution in [1.29, 1.82) is 0 Å². The average molecular weight is 427 g/mol. The standard InChI is InChI=1S/C24H30N2O3S/c1-24(2,3)17-9-10-18-19(15-17)30-22(25-21(27)16-7-5-4-6-8-16)20(18)23(28)26-11-13-29-14-12-26/h4-8,17H,9-15H2,1-3H3,(H,25,27)/t17-/m0/s1. The number of nitrogens with zero attached hydrogens (tertiary/aromatic N) is 1. The number of thiophene rings is 1. The Morgan fingerprint density at radius 2 is 1.83 bits per heavy atom. The minimum Gasteiger partial charge on any atom is -0.378 e. The maximum absolute atomic E-state index is 13.5. The molecule has 0 spiro atoms. The van der Waals surface area contributed by atoms with Gasteiger partial charge in [-0.2, -0.15) is 0 Å². The minimum absolute atomic E-state index is 0.0216. The summed E-state index contributed by atoms with van der Waals surface area (Å²) in [4.78, 5) is 29.4. The molecule has 2 aromatic rings. The Bertz CT molecular complexity index is 924. The molecule has 1 aromatic carbocycles. The largest absolute Gasteiger partial charge is 0.378 e. The van der Waals surface area contributed by atoms with E-state index >= 15 is 0 Å². The number of morpholine rings is 1. The van der Waals surface area contributed by atoms with Crippen LogP contribution in [0.4, 0.5) is 5.00 Å². The van der Waals surface area contributed by atoms with Gasteiger partial charge >= 0.3 is 0 Å². The van der Waals surface area contributed by atoms with Crippen LogP contribution in [0.3, 0.4) is 0 Å². The second-order valence-electron chi connectivity index (χ2n) is 9.24. The first-order valence-corrected chi connectivity index (χ1v) is 11.5. The predicted molar refractivity (Wildman–Crippen MR) is 120 cm³/mol. The smallest absolute Gasteiger partial charge is 0.257 e. The van der Waals surface area contributed by atoms with E-state index in [1.807, 2.05) is 23.1 Å². The Hall–Kier alpha value is -2.18. The number of hydrogen-bond donors (Lipinski definition) is 1. The third kappa shape index (κ3) is 4.30. The number of amides is 2. The van der Waals surface area contributed by atoms with E-state index in [9.17, 15) is 9.59 Å². The van der Waals surface area contributed by atoms with Gasteiger partial charge in [-0.25, -0.2) is 0 Å². The number of carbonyl (C=O) groups is 2. The van der Waals surface area contributed by atoms with Gasteiger partial charge in [0.25, 0.3) is 11.8 Å². The monoisotopic (exact) mass is 426 g/mol. The molecule has 4 rings (SSSR count). The molecule has 2 heterocycles. The van der Waals surface area contributed by atoms with Crippen LogP contribution in [0.25, 0.3) is 0 Å². The van der Waals surface area contributed by atoms with Crippen molar-refractivity contribution in [3.05, 3.63) is 51.9 Å². The lowest BCUT2D eigenvalue weighted by Gasteiger charge is -2.34. The van der Waals surface area contributed by atoms with Crippen LogP contribution in [0.1, 0.15) is 58.3 Å². The topological polar surface area (TPSA) is 58.6 Å². The first kappa shape index (κ1) is 21.1. The molecule has 5 nitrogen and oxygen atoms in total. The molecule has 30 heavy (non-hydrogen) atoms. The molecule has 0 saturated carbocycles. The molecule has 6 heteroatoms. The van der Waals surface area contributed by atoms with Gasteiger partial charge in [0, 0.05) is 23.5 Å². The number of nitrogens with one attached hydrogen (secondary N) is 1. The number of anilines is 1. The molecule has 1 aliphatic carbocycles. The van der Waals surface area contributed by atoms with E-state index in [0.29, 0.717) is 48.3 Å². The summed E-state index contributed by atoms with van der Waals surface area (Å²) in [6.07, 6.45) is 2.93. The molecule has 2 amide bonds. The van der Waals surface area contributed by atoms with Crippen molar-refractivity contribution in [2.24, 2.45) is 11.3 Å². The number of fused-ring (bicyclic) bond motifs is 1. The first-order valence-electron chi connectivity index (χ1n) is 10.7. The first-order chi connectivity index (χ1) is 14.3. The zero-order valence-corrected chi connectivity index (χ0v) is 18.8. The summed E-state index contributed by atoms with van der Waals surface area (Å²) in [5, 5.41) is 3.75. The minimum atomic E-state index is -0.169. The number of hydrogen-bond acceptors (Lipinski definition) is 4. The Labute approximate surface area is 182 Å². The summed E-state index contributed by atoms with van der Waals surface area (Å²) < 4.78 is 5.42. The molecule has 2 aliphatic rings. The molecule has 1 aliphatic heterocycles. The second kappa shape index (κ2) is 8.52. The maximum atomic E-state index is 13.5. The third-order valence-corrected chi connectivity index (χ3v) is 7.44. The van der Waals surface area contributed by atoms with Gasteiger partial charge in [-0.3, -0.25) is 9.59 Å². The quantitative estimate of drug-likeness (QED) is 0.779. The zero-order chi connectivity index (χ0) is 21.3. The summed E-state index contributed by atoms with van der Waals surface area (Å²) in [5.74, 6) is 0.429. The summed E-state index contributed by atoms with van der Waals surface area (Å²) in [6.45, 7) is 9.18. The highest BCUT2D eigenvalue weighted by atomic mass is 32.1. The fraction of sp³-hybridized carbons (Fsp3) is 0.500. The van der Waals surface area contributed by atoms with Gasteiger partial charge in [-0.05, 0) is 48.3 Å². The van der Waals surface area contributed by atoms with Crippen LogP contribution in [0, 0.1) is 11.3 Å². The fourth-order valence-electron chi connectivity index (χ4n) is 4.33. The molecule has 1 atom stereocenters. The lowest BCUT2D eigenvalue weighted by atomic mass is 9.72. The number of benzene rings is 1. The molecule has 1 saturated heterocycles. The van der Waals surface area contributed by atoms with Gasteiger partial charge in [-0.1, -0.05) is 39.0 Å². The molecule has 1 fully saturated rings. The fourth-order valence-corrected chi connectivity index (χ4v) is 5.64. The molecular formula is C24H30N2O3S. The molecule has 1 aromatic heterocycles. The molecule has 0 unspecified atom stereocenters. The van der Waals surface area contributed by atoms with E-state index in [0.717, 1.165) is 24.8 Å². The van der Waals surface area contributed by atoms with E-state index in [1.165, 1.54) is 4.88 Å². The zero-order valence-electron chi connectivity index (χ0n) is 18.0. The van der Waals surface area contributed by atoms with E-state index in [2.05, 4.69) is 26.1 Å². The lowest BCUT2D eigenvalue weighted by molar-refractivity contribution is 0.0303. The van der Waals surface area contributed by atoms with Crippen LogP contribution in [0.5, 0.6) is 0 Å². The highest BCUT2D eigenvalue weighted by molar-refractivity contribution is 7.17.